The summed E-state index contributed by atoms with van der Waals surface area (Å²) in [6, 6.07) is 3.39. The van der Waals surface area contributed by atoms with E-state index in [4.69, 9.17) is 0 Å². The highest BCUT2D eigenvalue weighted by Gasteiger charge is 2.41. The largest absolute Gasteiger partial charge is 0.394 e. The third-order valence-electron chi connectivity index (χ3n) is 4.44. The monoisotopic (exact) mass is 301 g/mol. The van der Waals surface area contributed by atoms with E-state index in [0.29, 0.717) is 17.9 Å². The molecule has 0 saturated carbocycles. The van der Waals surface area contributed by atoms with Crippen molar-refractivity contribution in [3.05, 3.63) is 36.5 Å². The molecular weight excluding hydrogens is 282 g/mol. The summed E-state index contributed by atoms with van der Waals surface area (Å²) >= 11 is 0. The third-order valence-corrected chi connectivity index (χ3v) is 4.44. The van der Waals surface area contributed by atoms with E-state index in [0.717, 1.165) is 19.3 Å². The van der Waals surface area contributed by atoms with Gasteiger partial charge in [-0.1, -0.05) is 6.92 Å². The van der Waals surface area contributed by atoms with Crippen LogP contribution in [0.15, 0.2) is 31.0 Å². The second-order valence-corrected chi connectivity index (χ2v) is 5.54. The summed E-state index contributed by atoms with van der Waals surface area (Å²) in [6.45, 7) is 2.68. The highest BCUT2D eigenvalue weighted by atomic mass is 16.3. The number of likely N-dealkylation sites (tertiary alicyclic amines) is 1. The molecule has 0 aromatic carbocycles. The minimum Gasteiger partial charge on any atom is -0.394 e. The summed E-state index contributed by atoms with van der Waals surface area (Å²) in [5.41, 5.74) is 0.113. The predicted molar refractivity (Wildman–Crippen MR) is 79.5 cm³/mol. The normalized spacial score (nSPS) is 21.3. The molecule has 3 heterocycles. The second kappa shape index (κ2) is 5.84. The van der Waals surface area contributed by atoms with Gasteiger partial charge < -0.3 is 10.0 Å². The summed E-state index contributed by atoms with van der Waals surface area (Å²) in [5.74, 6) is 0.478. The van der Waals surface area contributed by atoms with Crippen LogP contribution in [0, 0.1) is 0 Å². The van der Waals surface area contributed by atoms with Crippen molar-refractivity contribution >= 4 is 5.91 Å². The van der Waals surface area contributed by atoms with Crippen molar-refractivity contribution < 1.29 is 9.90 Å². The number of nitrogens with zero attached hydrogens (tertiary/aromatic N) is 5. The van der Waals surface area contributed by atoms with Crippen LogP contribution < -0.4 is 0 Å². The molecule has 7 heteroatoms. The Balaban J connectivity index is 1.91. The molecule has 116 valence electrons. The van der Waals surface area contributed by atoms with Crippen LogP contribution in [0.2, 0.25) is 0 Å². The molecule has 22 heavy (non-hydrogen) atoms. The van der Waals surface area contributed by atoms with Gasteiger partial charge >= 0.3 is 0 Å². The minimum atomic E-state index is -0.437. The maximum Gasteiger partial charge on any atom is 0.254 e. The number of rotatable bonds is 4. The molecule has 0 aliphatic carbocycles. The average Bonchev–Trinajstić information content (AvgIpc) is 3.24. The van der Waals surface area contributed by atoms with E-state index in [-0.39, 0.29) is 12.5 Å². The number of pyridine rings is 1. The molecule has 7 nitrogen and oxygen atoms in total. The molecule has 1 N–H and O–H groups in total. The Kier molecular flexibility index (Phi) is 3.89. The summed E-state index contributed by atoms with van der Waals surface area (Å²) in [5, 5.41) is 13.8. The smallest absolute Gasteiger partial charge is 0.254 e. The van der Waals surface area contributed by atoms with Crippen LogP contribution in [0.4, 0.5) is 0 Å². The van der Waals surface area contributed by atoms with E-state index < -0.39 is 5.54 Å². The van der Waals surface area contributed by atoms with Gasteiger partial charge in [-0.15, -0.1) is 0 Å². The number of hydrogen-bond donors (Lipinski definition) is 1. The van der Waals surface area contributed by atoms with Crippen LogP contribution in [0.1, 0.15) is 36.5 Å². The van der Waals surface area contributed by atoms with Crippen molar-refractivity contribution in [3.8, 4) is 5.82 Å². The van der Waals surface area contributed by atoms with E-state index in [1.807, 2.05) is 6.92 Å². The zero-order valence-electron chi connectivity index (χ0n) is 12.5. The number of aliphatic hydroxyl groups is 1. The third kappa shape index (κ3) is 2.37. The summed E-state index contributed by atoms with van der Waals surface area (Å²) in [6.07, 6.45) is 7.05. The van der Waals surface area contributed by atoms with Gasteiger partial charge in [-0.3, -0.25) is 4.79 Å². The molecule has 2 aromatic heterocycles. The fraction of sp³-hybridized carbons (Fsp3) is 0.467. The lowest BCUT2D eigenvalue weighted by molar-refractivity contribution is 0.0397. The predicted octanol–water partition coefficient (Wildman–Crippen LogP) is 1.04. The van der Waals surface area contributed by atoms with Gasteiger partial charge in [-0.25, -0.2) is 14.6 Å². The van der Waals surface area contributed by atoms with Crippen LogP contribution in [-0.2, 0) is 0 Å². The first-order valence-electron chi connectivity index (χ1n) is 7.44. The Bertz CT molecular complexity index is 652. The van der Waals surface area contributed by atoms with Crippen molar-refractivity contribution in [2.75, 3.05) is 13.2 Å². The first kappa shape index (κ1) is 14.6. The Morgan fingerprint density at radius 3 is 3.05 bits per heavy atom. The van der Waals surface area contributed by atoms with Crippen LogP contribution in [0.25, 0.3) is 5.82 Å². The van der Waals surface area contributed by atoms with Crippen molar-refractivity contribution in [1.29, 1.82) is 0 Å². The second-order valence-electron chi connectivity index (χ2n) is 5.54. The summed E-state index contributed by atoms with van der Waals surface area (Å²) < 4.78 is 1.51. The van der Waals surface area contributed by atoms with E-state index in [1.54, 1.807) is 23.2 Å². The lowest BCUT2D eigenvalue weighted by Gasteiger charge is -2.36. The van der Waals surface area contributed by atoms with Crippen LogP contribution in [0.3, 0.4) is 0 Å². The Morgan fingerprint density at radius 1 is 1.50 bits per heavy atom. The number of amides is 1. The topological polar surface area (TPSA) is 84.1 Å². The summed E-state index contributed by atoms with van der Waals surface area (Å²) in [4.78, 5) is 22.7. The zero-order valence-corrected chi connectivity index (χ0v) is 12.5. The highest BCUT2D eigenvalue weighted by Crippen LogP contribution is 2.33. The molecular formula is C15H19N5O2. The molecule has 3 rings (SSSR count). The Labute approximate surface area is 128 Å². The molecule has 1 aliphatic rings. The molecule has 1 unspecified atom stereocenters. The van der Waals surface area contributed by atoms with Crippen LogP contribution in [0.5, 0.6) is 0 Å². The molecule has 1 saturated heterocycles. The lowest BCUT2D eigenvalue weighted by Crippen LogP contribution is -2.49. The maximum atomic E-state index is 12.8. The molecule has 1 fully saturated rings. The fourth-order valence-corrected chi connectivity index (χ4v) is 3.06. The first-order chi connectivity index (χ1) is 10.7. The number of carbonyl (C=O) groups is 1. The van der Waals surface area contributed by atoms with Crippen LogP contribution in [-0.4, -0.2) is 54.4 Å². The molecule has 0 spiro atoms. The van der Waals surface area contributed by atoms with Crippen molar-refractivity contribution in [2.45, 2.75) is 31.7 Å². The molecule has 1 aliphatic heterocycles. The maximum absolute atomic E-state index is 12.8. The number of carbonyl (C=O) groups excluding carboxylic acids is 1. The quantitative estimate of drug-likeness (QED) is 0.912. The average molecular weight is 301 g/mol. The van der Waals surface area contributed by atoms with Crippen molar-refractivity contribution in [3.63, 3.8) is 0 Å². The number of hydrogen-bond acceptors (Lipinski definition) is 5. The standard InChI is InChI=1S/C15H19N5O2/c1-2-15(9-21)5-3-7-19(15)14(22)12-4-6-17-13(8-12)20-11-16-10-18-20/h4,6,8,10-11,21H,2-3,5,7,9H2,1H3. The van der Waals surface area contributed by atoms with Gasteiger partial charge in [0.2, 0.25) is 0 Å². The van der Waals surface area contributed by atoms with E-state index in [1.165, 1.54) is 17.3 Å². The van der Waals surface area contributed by atoms with E-state index >= 15 is 0 Å². The molecule has 0 bridgehead atoms. The van der Waals surface area contributed by atoms with E-state index in [2.05, 4.69) is 15.1 Å². The van der Waals surface area contributed by atoms with Gasteiger partial charge in [-0.05, 0) is 31.4 Å². The molecule has 1 atom stereocenters. The molecule has 2 aromatic rings. The van der Waals surface area contributed by atoms with Gasteiger partial charge in [-0.2, -0.15) is 5.10 Å². The van der Waals surface area contributed by atoms with Gasteiger partial charge in [0.25, 0.3) is 5.91 Å². The van der Waals surface area contributed by atoms with E-state index in [9.17, 15) is 9.90 Å². The van der Waals surface area contributed by atoms with Crippen molar-refractivity contribution in [2.24, 2.45) is 0 Å². The highest BCUT2D eigenvalue weighted by molar-refractivity contribution is 5.95. The number of aromatic nitrogens is 4. The van der Waals surface area contributed by atoms with Gasteiger partial charge in [0.1, 0.15) is 12.7 Å². The molecule has 1 amide bonds. The molecule has 0 radical (unpaired) electrons. The van der Waals surface area contributed by atoms with Gasteiger partial charge in [0.15, 0.2) is 5.82 Å². The Morgan fingerprint density at radius 2 is 2.36 bits per heavy atom. The Hall–Kier alpha value is -2.28. The SMILES string of the molecule is CCC1(CO)CCCN1C(=O)c1ccnc(-n2cncn2)c1. The van der Waals surface area contributed by atoms with Crippen molar-refractivity contribution in [1.82, 2.24) is 24.6 Å². The fourth-order valence-electron chi connectivity index (χ4n) is 3.06. The summed E-state index contributed by atoms with van der Waals surface area (Å²) in [7, 11) is 0. The van der Waals surface area contributed by atoms with Gasteiger partial charge in [0, 0.05) is 18.3 Å². The van der Waals surface area contributed by atoms with Gasteiger partial charge in [0.05, 0.1) is 12.1 Å². The minimum absolute atomic E-state index is 0.00371. The number of aliphatic hydroxyl groups excluding tert-OH is 1. The zero-order chi connectivity index (χ0) is 15.6. The van der Waals surface area contributed by atoms with Crippen LogP contribution >= 0.6 is 0 Å². The first-order valence-corrected chi connectivity index (χ1v) is 7.44. The lowest BCUT2D eigenvalue weighted by atomic mass is 9.93.